The molecule has 5 nitrogen and oxygen atoms in total. The average molecular weight is 343 g/mol. The van der Waals surface area contributed by atoms with Gasteiger partial charge in [0.1, 0.15) is 6.10 Å². The topological polar surface area (TPSA) is 45.7 Å². The summed E-state index contributed by atoms with van der Waals surface area (Å²) in [6.45, 7) is 5.80. The molecule has 1 aromatic heterocycles. The highest BCUT2D eigenvalue weighted by atomic mass is 16.5. The highest BCUT2D eigenvalue weighted by Gasteiger charge is 2.40. The second-order valence-electron chi connectivity index (χ2n) is 7.96. The minimum absolute atomic E-state index is 0.166. The molecule has 3 aliphatic heterocycles. The third-order valence-corrected chi connectivity index (χ3v) is 6.19. The van der Waals surface area contributed by atoms with Gasteiger partial charge in [0.15, 0.2) is 0 Å². The Morgan fingerprint density at radius 2 is 2.08 bits per heavy atom. The highest BCUT2D eigenvalue weighted by molar-refractivity contribution is 5.81. The van der Waals surface area contributed by atoms with Gasteiger partial charge in [0, 0.05) is 39.0 Å². The van der Waals surface area contributed by atoms with E-state index in [0.29, 0.717) is 5.41 Å². The molecule has 3 saturated heterocycles. The van der Waals surface area contributed by atoms with Crippen molar-refractivity contribution in [3.63, 3.8) is 0 Å². The maximum absolute atomic E-state index is 12.6. The zero-order valence-electron chi connectivity index (χ0n) is 15.0. The number of carbonyl (C=O) groups is 1. The van der Waals surface area contributed by atoms with Crippen molar-refractivity contribution in [1.29, 1.82) is 0 Å². The summed E-state index contributed by atoms with van der Waals surface area (Å²) < 4.78 is 5.58. The molecule has 5 heteroatoms. The Morgan fingerprint density at radius 3 is 2.80 bits per heavy atom. The Kier molecular flexibility index (Phi) is 5.04. The SMILES string of the molecule is O=C([C@H]1CCCO1)N1CCC2(CCCN(Cc3ccccn3)C2)CC1. The van der Waals surface area contributed by atoms with Gasteiger partial charge in [-0.15, -0.1) is 0 Å². The van der Waals surface area contributed by atoms with E-state index in [1.165, 1.54) is 12.8 Å². The maximum atomic E-state index is 12.6. The molecule has 25 heavy (non-hydrogen) atoms. The van der Waals surface area contributed by atoms with Crippen molar-refractivity contribution in [2.75, 3.05) is 32.8 Å². The number of ether oxygens (including phenoxy) is 1. The van der Waals surface area contributed by atoms with Gasteiger partial charge in [-0.3, -0.25) is 14.7 Å². The van der Waals surface area contributed by atoms with Gasteiger partial charge in [-0.1, -0.05) is 6.07 Å². The molecule has 4 heterocycles. The number of piperidine rings is 2. The second-order valence-corrected chi connectivity index (χ2v) is 7.96. The van der Waals surface area contributed by atoms with Crippen LogP contribution in [0.15, 0.2) is 24.4 Å². The molecule has 3 fully saturated rings. The number of nitrogens with zero attached hydrogens (tertiary/aromatic N) is 3. The zero-order chi connectivity index (χ0) is 17.1. The van der Waals surface area contributed by atoms with Crippen LogP contribution in [0, 0.1) is 5.41 Å². The number of carbonyl (C=O) groups excluding carboxylic acids is 1. The van der Waals surface area contributed by atoms with E-state index in [9.17, 15) is 4.79 Å². The number of hydrogen-bond donors (Lipinski definition) is 0. The van der Waals surface area contributed by atoms with Gasteiger partial charge in [-0.25, -0.2) is 0 Å². The summed E-state index contributed by atoms with van der Waals surface area (Å²) in [5.74, 6) is 0.230. The monoisotopic (exact) mass is 343 g/mol. The molecule has 0 radical (unpaired) electrons. The first-order valence-corrected chi connectivity index (χ1v) is 9.77. The first-order chi connectivity index (χ1) is 12.2. The standard InChI is InChI=1S/C20H29N3O2/c24-19(18-6-3-14-25-18)23-12-8-20(9-13-23)7-4-11-22(16-20)15-17-5-1-2-10-21-17/h1-2,5,10,18H,3-4,6-9,11-16H2/t18-/m1/s1. The molecule has 0 saturated carbocycles. The van der Waals surface area contributed by atoms with Gasteiger partial charge < -0.3 is 9.64 Å². The molecular formula is C20H29N3O2. The number of amides is 1. The van der Waals surface area contributed by atoms with Crippen molar-refractivity contribution >= 4 is 5.91 Å². The molecule has 1 atom stereocenters. The lowest BCUT2D eigenvalue weighted by Crippen LogP contribution is -2.52. The van der Waals surface area contributed by atoms with Crippen LogP contribution in [-0.4, -0.2) is 59.6 Å². The van der Waals surface area contributed by atoms with Gasteiger partial charge in [-0.05, 0) is 62.6 Å². The summed E-state index contributed by atoms with van der Waals surface area (Å²) >= 11 is 0. The Balaban J connectivity index is 1.33. The lowest BCUT2D eigenvalue weighted by atomic mass is 9.72. The first kappa shape index (κ1) is 17.0. The van der Waals surface area contributed by atoms with Crippen molar-refractivity contribution in [3.8, 4) is 0 Å². The summed E-state index contributed by atoms with van der Waals surface area (Å²) in [6.07, 6.45) is 8.45. The Hall–Kier alpha value is -1.46. The van der Waals surface area contributed by atoms with Crippen LogP contribution >= 0.6 is 0 Å². The van der Waals surface area contributed by atoms with Gasteiger partial charge in [0.05, 0.1) is 5.69 Å². The summed E-state index contributed by atoms with van der Waals surface area (Å²) in [4.78, 5) is 21.7. The molecule has 0 aromatic carbocycles. The van der Waals surface area contributed by atoms with E-state index in [-0.39, 0.29) is 12.0 Å². The normalized spacial score (nSPS) is 26.9. The first-order valence-electron chi connectivity index (χ1n) is 9.77. The minimum atomic E-state index is -0.166. The molecule has 1 aromatic rings. The van der Waals surface area contributed by atoms with Crippen LogP contribution in [0.3, 0.4) is 0 Å². The van der Waals surface area contributed by atoms with Gasteiger partial charge in [-0.2, -0.15) is 0 Å². The van der Waals surface area contributed by atoms with Crippen molar-refractivity contribution in [2.45, 2.75) is 51.2 Å². The fourth-order valence-corrected chi connectivity index (χ4v) is 4.75. The number of likely N-dealkylation sites (tertiary alicyclic amines) is 2. The van der Waals surface area contributed by atoms with Crippen molar-refractivity contribution in [1.82, 2.24) is 14.8 Å². The molecule has 0 N–H and O–H groups in total. The van der Waals surface area contributed by atoms with E-state index in [1.54, 1.807) is 0 Å². The Morgan fingerprint density at radius 1 is 1.20 bits per heavy atom. The van der Waals surface area contributed by atoms with E-state index in [1.807, 2.05) is 12.3 Å². The summed E-state index contributed by atoms with van der Waals surface area (Å²) in [5, 5.41) is 0. The Labute approximate surface area is 150 Å². The van der Waals surface area contributed by atoms with E-state index < -0.39 is 0 Å². The molecule has 3 aliphatic rings. The molecule has 136 valence electrons. The van der Waals surface area contributed by atoms with Crippen LogP contribution in [0.2, 0.25) is 0 Å². The Bertz CT molecular complexity index is 578. The van der Waals surface area contributed by atoms with E-state index in [0.717, 1.165) is 70.7 Å². The van der Waals surface area contributed by atoms with Crippen LogP contribution in [0.1, 0.15) is 44.2 Å². The lowest BCUT2D eigenvalue weighted by Gasteiger charge is -2.48. The van der Waals surface area contributed by atoms with Crippen molar-refractivity contribution in [3.05, 3.63) is 30.1 Å². The largest absolute Gasteiger partial charge is 0.368 e. The third-order valence-electron chi connectivity index (χ3n) is 6.19. The van der Waals surface area contributed by atoms with Crippen molar-refractivity contribution < 1.29 is 9.53 Å². The van der Waals surface area contributed by atoms with E-state index in [2.05, 4.69) is 26.9 Å². The lowest BCUT2D eigenvalue weighted by molar-refractivity contribution is -0.144. The molecule has 0 aliphatic carbocycles. The quantitative estimate of drug-likeness (QED) is 0.846. The second kappa shape index (κ2) is 7.42. The van der Waals surface area contributed by atoms with Gasteiger partial charge in [0.2, 0.25) is 0 Å². The van der Waals surface area contributed by atoms with Gasteiger partial charge in [0.25, 0.3) is 5.91 Å². The van der Waals surface area contributed by atoms with Crippen LogP contribution in [0.5, 0.6) is 0 Å². The van der Waals surface area contributed by atoms with Gasteiger partial charge >= 0.3 is 0 Å². The molecule has 0 bridgehead atoms. The molecule has 4 rings (SSSR count). The van der Waals surface area contributed by atoms with Crippen LogP contribution < -0.4 is 0 Å². The minimum Gasteiger partial charge on any atom is -0.368 e. The average Bonchev–Trinajstić information content (AvgIpc) is 3.18. The predicted octanol–water partition coefficient (Wildman–Crippen LogP) is 2.47. The number of hydrogen-bond acceptors (Lipinski definition) is 4. The van der Waals surface area contributed by atoms with Crippen molar-refractivity contribution in [2.24, 2.45) is 5.41 Å². The number of pyridine rings is 1. The fourth-order valence-electron chi connectivity index (χ4n) is 4.75. The number of rotatable bonds is 3. The summed E-state index contributed by atoms with van der Waals surface area (Å²) in [5.41, 5.74) is 1.55. The predicted molar refractivity (Wildman–Crippen MR) is 96.0 cm³/mol. The molecular weight excluding hydrogens is 314 g/mol. The maximum Gasteiger partial charge on any atom is 0.251 e. The van der Waals surface area contributed by atoms with Crippen LogP contribution in [0.25, 0.3) is 0 Å². The summed E-state index contributed by atoms with van der Waals surface area (Å²) in [6, 6.07) is 6.16. The summed E-state index contributed by atoms with van der Waals surface area (Å²) in [7, 11) is 0. The molecule has 1 amide bonds. The highest BCUT2D eigenvalue weighted by Crippen LogP contribution is 2.40. The third kappa shape index (κ3) is 3.87. The van der Waals surface area contributed by atoms with Crippen LogP contribution in [0.4, 0.5) is 0 Å². The number of aromatic nitrogens is 1. The fraction of sp³-hybridized carbons (Fsp3) is 0.700. The molecule has 0 unspecified atom stereocenters. The zero-order valence-corrected chi connectivity index (χ0v) is 15.0. The van der Waals surface area contributed by atoms with E-state index >= 15 is 0 Å². The van der Waals surface area contributed by atoms with E-state index in [4.69, 9.17) is 4.74 Å². The van der Waals surface area contributed by atoms with Crippen LogP contribution in [-0.2, 0) is 16.1 Å². The smallest absolute Gasteiger partial charge is 0.251 e. The molecule has 1 spiro atoms.